The van der Waals surface area contributed by atoms with Gasteiger partial charge in [-0.3, -0.25) is 4.79 Å². The molecular weight excluding hydrogens is 395 g/mol. The van der Waals surface area contributed by atoms with Gasteiger partial charge in [0.1, 0.15) is 17.8 Å². The average Bonchev–Trinajstić information content (AvgIpc) is 3.28. The molecule has 3 heterocycles. The average molecular weight is 406 g/mol. The first-order valence-electron chi connectivity index (χ1n) is 7.93. The van der Waals surface area contributed by atoms with Crippen LogP contribution in [0.3, 0.4) is 0 Å². The molecule has 0 atom stereocenters. The number of nitrogens with zero attached hydrogens (tertiary/aromatic N) is 3. The van der Waals surface area contributed by atoms with Crippen molar-refractivity contribution >= 4 is 28.5 Å². The second kappa shape index (κ2) is 6.38. The SMILES string of the molecule is NC(=O)c1cn(-c2ncnc3[nH]ccc23)cc1-c1cc(C(F)(F)F)ccc1Cl. The maximum absolute atomic E-state index is 13.1. The van der Waals surface area contributed by atoms with Crippen LogP contribution >= 0.6 is 11.6 Å². The molecule has 4 rings (SSSR count). The minimum atomic E-state index is -4.56. The number of carbonyl (C=O) groups excluding carboxylic acids is 1. The van der Waals surface area contributed by atoms with Gasteiger partial charge in [-0.2, -0.15) is 13.2 Å². The maximum atomic E-state index is 13.1. The Morgan fingerprint density at radius 2 is 1.93 bits per heavy atom. The molecule has 1 aromatic carbocycles. The van der Waals surface area contributed by atoms with E-state index >= 15 is 0 Å². The monoisotopic (exact) mass is 405 g/mol. The number of nitrogens with one attached hydrogen (secondary N) is 1. The molecule has 0 saturated heterocycles. The molecular formula is C18H11ClF3N5O. The summed E-state index contributed by atoms with van der Waals surface area (Å²) in [5, 5.41) is 0.720. The number of primary amides is 1. The minimum Gasteiger partial charge on any atom is -0.366 e. The van der Waals surface area contributed by atoms with E-state index in [4.69, 9.17) is 17.3 Å². The van der Waals surface area contributed by atoms with Crippen LogP contribution < -0.4 is 5.73 Å². The Morgan fingerprint density at radius 3 is 2.64 bits per heavy atom. The summed E-state index contributed by atoms with van der Waals surface area (Å²) >= 11 is 6.13. The molecule has 0 fully saturated rings. The summed E-state index contributed by atoms with van der Waals surface area (Å²) in [4.78, 5) is 23.2. The predicted octanol–water partition coefficient (Wildman–Crippen LogP) is 4.19. The number of carbonyl (C=O) groups is 1. The van der Waals surface area contributed by atoms with E-state index in [1.54, 1.807) is 12.3 Å². The quantitative estimate of drug-likeness (QED) is 0.535. The van der Waals surface area contributed by atoms with E-state index in [-0.39, 0.29) is 21.7 Å². The second-order valence-corrected chi connectivity index (χ2v) is 6.39. The zero-order valence-corrected chi connectivity index (χ0v) is 14.7. The molecule has 4 aromatic rings. The van der Waals surface area contributed by atoms with E-state index in [1.165, 1.54) is 23.3 Å². The highest BCUT2D eigenvalue weighted by Crippen LogP contribution is 2.38. The fourth-order valence-corrected chi connectivity index (χ4v) is 3.18. The predicted molar refractivity (Wildman–Crippen MR) is 97.2 cm³/mol. The number of benzene rings is 1. The van der Waals surface area contributed by atoms with Crippen molar-refractivity contribution in [3.05, 3.63) is 65.3 Å². The largest absolute Gasteiger partial charge is 0.416 e. The molecule has 0 radical (unpaired) electrons. The van der Waals surface area contributed by atoms with Gasteiger partial charge in [0.05, 0.1) is 16.5 Å². The van der Waals surface area contributed by atoms with E-state index in [0.717, 1.165) is 18.2 Å². The first-order valence-corrected chi connectivity index (χ1v) is 8.31. The highest BCUT2D eigenvalue weighted by molar-refractivity contribution is 6.33. The molecule has 0 aliphatic carbocycles. The first kappa shape index (κ1) is 18.1. The smallest absolute Gasteiger partial charge is 0.366 e. The van der Waals surface area contributed by atoms with Gasteiger partial charge in [-0.1, -0.05) is 11.6 Å². The third-order valence-electron chi connectivity index (χ3n) is 4.25. The van der Waals surface area contributed by atoms with Gasteiger partial charge in [0.15, 0.2) is 0 Å². The molecule has 0 aliphatic rings. The number of halogens is 4. The Hall–Kier alpha value is -3.33. The van der Waals surface area contributed by atoms with Crippen molar-refractivity contribution in [3.63, 3.8) is 0 Å². The Balaban J connectivity index is 1.94. The van der Waals surface area contributed by atoms with Crippen LogP contribution in [-0.2, 0) is 6.18 Å². The molecule has 0 bridgehead atoms. The molecule has 3 aromatic heterocycles. The molecule has 0 spiro atoms. The zero-order chi connectivity index (χ0) is 20.1. The van der Waals surface area contributed by atoms with Crippen molar-refractivity contribution < 1.29 is 18.0 Å². The normalized spacial score (nSPS) is 11.9. The zero-order valence-electron chi connectivity index (χ0n) is 14.0. The fraction of sp³-hybridized carbons (Fsp3) is 0.0556. The number of hydrogen-bond acceptors (Lipinski definition) is 3. The van der Waals surface area contributed by atoms with E-state index < -0.39 is 17.6 Å². The summed E-state index contributed by atoms with van der Waals surface area (Å²) in [6.45, 7) is 0. The number of fused-ring (bicyclic) bond motifs is 1. The van der Waals surface area contributed by atoms with Crippen molar-refractivity contribution in [1.82, 2.24) is 19.5 Å². The van der Waals surface area contributed by atoms with Crippen LogP contribution in [0.1, 0.15) is 15.9 Å². The topological polar surface area (TPSA) is 89.6 Å². The lowest BCUT2D eigenvalue weighted by molar-refractivity contribution is -0.137. The Bertz CT molecular complexity index is 1210. The lowest BCUT2D eigenvalue weighted by Gasteiger charge is -2.10. The molecule has 3 N–H and O–H groups in total. The minimum absolute atomic E-state index is 0.0172. The summed E-state index contributed by atoms with van der Waals surface area (Å²) in [7, 11) is 0. The maximum Gasteiger partial charge on any atom is 0.416 e. The number of H-pyrrole nitrogens is 1. The van der Waals surface area contributed by atoms with Crippen molar-refractivity contribution in [2.24, 2.45) is 5.73 Å². The van der Waals surface area contributed by atoms with Crippen LogP contribution in [0.2, 0.25) is 5.02 Å². The molecule has 1 amide bonds. The third kappa shape index (κ3) is 2.99. The summed E-state index contributed by atoms with van der Waals surface area (Å²) in [5.41, 5.74) is 5.37. The summed E-state index contributed by atoms with van der Waals surface area (Å²) in [5.74, 6) is -0.371. The highest BCUT2D eigenvalue weighted by atomic mass is 35.5. The highest BCUT2D eigenvalue weighted by Gasteiger charge is 2.31. The fourth-order valence-electron chi connectivity index (χ4n) is 2.96. The molecule has 10 heteroatoms. The standard InChI is InChI=1S/C18H11ClF3N5O/c19-14-2-1-9(18(20,21)22)5-11(14)12-6-27(7-13(12)15(23)28)17-10-3-4-24-16(10)25-8-26-17/h1-8H,(H2,23,28)(H,24,25,26). The Labute approximate surface area is 160 Å². The Morgan fingerprint density at radius 1 is 1.14 bits per heavy atom. The van der Waals surface area contributed by atoms with E-state index in [0.29, 0.717) is 16.9 Å². The number of rotatable bonds is 3. The molecule has 0 saturated carbocycles. The van der Waals surface area contributed by atoms with Gasteiger partial charge >= 0.3 is 6.18 Å². The van der Waals surface area contributed by atoms with Crippen LogP contribution in [0.4, 0.5) is 13.2 Å². The lowest BCUT2D eigenvalue weighted by Crippen LogP contribution is -2.11. The lowest BCUT2D eigenvalue weighted by atomic mass is 10.0. The number of aromatic amines is 1. The van der Waals surface area contributed by atoms with Crippen LogP contribution in [0, 0.1) is 0 Å². The van der Waals surface area contributed by atoms with Gasteiger partial charge in [-0.05, 0) is 24.3 Å². The van der Waals surface area contributed by atoms with Crippen LogP contribution in [0.25, 0.3) is 28.0 Å². The molecule has 0 unspecified atom stereocenters. The molecule has 28 heavy (non-hydrogen) atoms. The molecule has 6 nitrogen and oxygen atoms in total. The summed E-state index contributed by atoms with van der Waals surface area (Å²) < 4.78 is 40.9. The van der Waals surface area contributed by atoms with Crippen molar-refractivity contribution in [2.45, 2.75) is 6.18 Å². The van der Waals surface area contributed by atoms with Gasteiger partial charge < -0.3 is 15.3 Å². The summed E-state index contributed by atoms with van der Waals surface area (Å²) in [6.07, 6.45) is 1.32. The van der Waals surface area contributed by atoms with Crippen molar-refractivity contribution in [1.29, 1.82) is 0 Å². The van der Waals surface area contributed by atoms with Gasteiger partial charge in [0, 0.05) is 34.7 Å². The third-order valence-corrected chi connectivity index (χ3v) is 4.58. The number of amides is 1. The van der Waals surface area contributed by atoms with Crippen LogP contribution in [0.5, 0.6) is 0 Å². The van der Waals surface area contributed by atoms with E-state index in [2.05, 4.69) is 15.0 Å². The molecule has 142 valence electrons. The van der Waals surface area contributed by atoms with Crippen LogP contribution in [-0.4, -0.2) is 25.4 Å². The number of alkyl halides is 3. The second-order valence-electron chi connectivity index (χ2n) is 5.99. The van der Waals surface area contributed by atoms with Gasteiger partial charge in [-0.15, -0.1) is 0 Å². The number of aromatic nitrogens is 4. The number of nitrogens with two attached hydrogens (primary N) is 1. The summed E-state index contributed by atoms with van der Waals surface area (Å²) in [6, 6.07) is 4.64. The van der Waals surface area contributed by atoms with E-state index in [9.17, 15) is 18.0 Å². The molecule has 0 aliphatic heterocycles. The first-order chi connectivity index (χ1) is 13.3. The van der Waals surface area contributed by atoms with E-state index in [1.807, 2.05) is 0 Å². The number of hydrogen-bond donors (Lipinski definition) is 2. The van der Waals surface area contributed by atoms with Crippen LogP contribution in [0.15, 0.2) is 49.2 Å². The Kier molecular flexibility index (Phi) is 4.11. The van der Waals surface area contributed by atoms with Gasteiger partial charge in [-0.25, -0.2) is 9.97 Å². The van der Waals surface area contributed by atoms with Gasteiger partial charge in [0.2, 0.25) is 0 Å². The van der Waals surface area contributed by atoms with Crippen molar-refractivity contribution in [2.75, 3.05) is 0 Å². The van der Waals surface area contributed by atoms with Crippen molar-refractivity contribution in [3.8, 4) is 16.9 Å². The van der Waals surface area contributed by atoms with Gasteiger partial charge in [0.25, 0.3) is 5.91 Å².